The average molecular weight is 491 g/mol. The first-order chi connectivity index (χ1) is 17.1. The number of thiophene rings is 1. The third kappa shape index (κ3) is 5.51. The Morgan fingerprint density at radius 2 is 1.86 bits per heavy atom. The second kappa shape index (κ2) is 10.5. The molecule has 0 saturated heterocycles. The normalized spacial score (nSPS) is 16.9. The van der Waals surface area contributed by atoms with Crippen LogP contribution in [-0.2, 0) is 22.4 Å². The molecule has 2 amide bonds. The Bertz CT molecular complexity index is 1170. The zero-order valence-corrected chi connectivity index (χ0v) is 20.7. The number of hydrogen-bond acceptors (Lipinski definition) is 5. The highest BCUT2D eigenvalue weighted by atomic mass is 32.1. The van der Waals surface area contributed by atoms with Crippen molar-refractivity contribution in [1.82, 2.24) is 9.80 Å². The molecule has 1 aromatic heterocycles. The van der Waals surface area contributed by atoms with Crippen molar-refractivity contribution in [2.45, 2.75) is 37.8 Å². The van der Waals surface area contributed by atoms with E-state index in [4.69, 9.17) is 9.47 Å². The third-order valence-corrected chi connectivity index (χ3v) is 7.67. The molecule has 1 fully saturated rings. The highest BCUT2D eigenvalue weighted by Gasteiger charge is 2.37. The summed E-state index contributed by atoms with van der Waals surface area (Å²) in [6.07, 6.45) is 3.08. The lowest BCUT2D eigenvalue weighted by Gasteiger charge is -2.37. The molecule has 7 heteroatoms. The first kappa shape index (κ1) is 23.4. The summed E-state index contributed by atoms with van der Waals surface area (Å²) < 4.78 is 11.4. The summed E-state index contributed by atoms with van der Waals surface area (Å²) in [5.41, 5.74) is 2.12. The number of carbonyl (C=O) groups is 2. The summed E-state index contributed by atoms with van der Waals surface area (Å²) in [7, 11) is 1.63. The van der Waals surface area contributed by atoms with Gasteiger partial charge < -0.3 is 19.3 Å². The molecule has 1 atom stereocenters. The van der Waals surface area contributed by atoms with Crippen molar-refractivity contribution in [3.63, 3.8) is 0 Å². The Morgan fingerprint density at radius 3 is 2.63 bits per heavy atom. The number of rotatable bonds is 9. The van der Waals surface area contributed by atoms with Crippen LogP contribution in [0.4, 0.5) is 0 Å². The minimum absolute atomic E-state index is 0.0180. The van der Waals surface area contributed by atoms with Gasteiger partial charge in [0.05, 0.1) is 19.6 Å². The number of nitrogens with zero attached hydrogens (tertiary/aromatic N) is 2. The molecule has 35 heavy (non-hydrogen) atoms. The lowest BCUT2D eigenvalue weighted by molar-refractivity contribution is -0.143. The number of benzene rings is 2. The summed E-state index contributed by atoms with van der Waals surface area (Å²) in [4.78, 5) is 31.7. The van der Waals surface area contributed by atoms with Crippen LogP contribution in [0.2, 0.25) is 0 Å². The average Bonchev–Trinajstić information content (AvgIpc) is 3.61. The quantitative estimate of drug-likeness (QED) is 0.443. The molecule has 1 aliphatic heterocycles. The number of ether oxygens (including phenoxy) is 2. The Hall–Kier alpha value is -3.32. The molecule has 3 aromatic rings. The van der Waals surface area contributed by atoms with E-state index >= 15 is 0 Å². The van der Waals surface area contributed by atoms with Gasteiger partial charge in [0.15, 0.2) is 0 Å². The summed E-state index contributed by atoms with van der Waals surface area (Å²) in [5, 5.41) is 2.08. The second-order valence-corrected chi connectivity index (χ2v) is 10.1. The Balaban J connectivity index is 1.30. The molecule has 182 valence electrons. The highest BCUT2D eigenvalue weighted by molar-refractivity contribution is 7.10. The molecule has 0 radical (unpaired) electrons. The molecule has 0 bridgehead atoms. The van der Waals surface area contributed by atoms with Gasteiger partial charge in [-0.1, -0.05) is 36.4 Å². The van der Waals surface area contributed by atoms with Crippen LogP contribution in [0.25, 0.3) is 0 Å². The van der Waals surface area contributed by atoms with Gasteiger partial charge in [-0.15, -0.1) is 11.3 Å². The third-order valence-electron chi connectivity index (χ3n) is 6.68. The van der Waals surface area contributed by atoms with E-state index in [0.717, 1.165) is 36.1 Å². The van der Waals surface area contributed by atoms with Gasteiger partial charge in [-0.2, -0.15) is 0 Å². The lowest BCUT2D eigenvalue weighted by atomic mass is 10.0. The molecule has 0 unspecified atom stereocenters. The minimum Gasteiger partial charge on any atom is -0.497 e. The van der Waals surface area contributed by atoms with E-state index in [9.17, 15) is 9.59 Å². The van der Waals surface area contributed by atoms with Crippen LogP contribution >= 0.6 is 11.3 Å². The van der Waals surface area contributed by atoms with Crippen LogP contribution in [0.3, 0.4) is 0 Å². The minimum atomic E-state index is -0.186. The maximum atomic E-state index is 13.6. The molecule has 0 N–H and O–H groups in total. The molecule has 2 heterocycles. The zero-order valence-electron chi connectivity index (χ0n) is 19.9. The molecule has 6 nitrogen and oxygen atoms in total. The van der Waals surface area contributed by atoms with Crippen molar-refractivity contribution in [3.05, 3.63) is 82.0 Å². The van der Waals surface area contributed by atoms with Crippen molar-refractivity contribution in [2.24, 2.45) is 0 Å². The van der Waals surface area contributed by atoms with Gasteiger partial charge in [0.2, 0.25) is 11.8 Å². The topological polar surface area (TPSA) is 59.1 Å². The van der Waals surface area contributed by atoms with Gasteiger partial charge in [0.1, 0.15) is 24.7 Å². The number of amides is 2. The maximum Gasteiger partial charge on any atom is 0.242 e. The zero-order chi connectivity index (χ0) is 24.2. The molecular formula is C28H30N2O4S. The van der Waals surface area contributed by atoms with Crippen LogP contribution < -0.4 is 9.47 Å². The van der Waals surface area contributed by atoms with Crippen LogP contribution in [0.15, 0.2) is 66.0 Å². The van der Waals surface area contributed by atoms with E-state index in [2.05, 4.69) is 11.4 Å². The van der Waals surface area contributed by atoms with E-state index in [-0.39, 0.29) is 30.4 Å². The van der Waals surface area contributed by atoms with Gasteiger partial charge in [-0.3, -0.25) is 9.59 Å². The van der Waals surface area contributed by atoms with Crippen LogP contribution in [0.1, 0.15) is 34.9 Å². The van der Waals surface area contributed by atoms with Crippen LogP contribution in [-0.4, -0.2) is 54.5 Å². The van der Waals surface area contributed by atoms with E-state index in [1.165, 1.54) is 4.88 Å². The van der Waals surface area contributed by atoms with Crippen molar-refractivity contribution in [3.8, 4) is 11.5 Å². The Labute approximate surface area is 210 Å². The summed E-state index contributed by atoms with van der Waals surface area (Å²) in [6.45, 7) is 1.10. The van der Waals surface area contributed by atoms with Crippen molar-refractivity contribution in [2.75, 3.05) is 26.8 Å². The van der Waals surface area contributed by atoms with Gasteiger partial charge in [-0.25, -0.2) is 0 Å². The Kier molecular flexibility index (Phi) is 7.04. The van der Waals surface area contributed by atoms with Gasteiger partial charge >= 0.3 is 0 Å². The second-order valence-electron chi connectivity index (χ2n) is 9.06. The maximum absolute atomic E-state index is 13.6. The van der Waals surface area contributed by atoms with Crippen LogP contribution in [0.5, 0.6) is 11.5 Å². The fraction of sp³-hybridized carbons (Fsp3) is 0.357. The molecule has 1 saturated carbocycles. The summed E-state index contributed by atoms with van der Waals surface area (Å²) in [6, 6.07) is 19.3. The predicted octanol–water partition coefficient (Wildman–Crippen LogP) is 4.50. The first-order valence-electron chi connectivity index (χ1n) is 12.1. The number of hydrogen-bond donors (Lipinski definition) is 0. The summed E-state index contributed by atoms with van der Waals surface area (Å²) in [5.74, 6) is 1.43. The predicted molar refractivity (Wildman–Crippen MR) is 136 cm³/mol. The van der Waals surface area contributed by atoms with E-state index in [1.807, 2.05) is 59.5 Å². The highest BCUT2D eigenvalue weighted by Crippen LogP contribution is 2.35. The molecule has 0 spiro atoms. The number of methoxy groups -OCH3 is 1. The lowest BCUT2D eigenvalue weighted by Crippen LogP contribution is -2.48. The molecular weight excluding hydrogens is 460 g/mol. The monoisotopic (exact) mass is 490 g/mol. The summed E-state index contributed by atoms with van der Waals surface area (Å²) >= 11 is 1.73. The molecule has 2 aliphatic rings. The van der Waals surface area contributed by atoms with E-state index in [0.29, 0.717) is 25.3 Å². The van der Waals surface area contributed by atoms with Gasteiger partial charge in [-0.05, 0) is 54.0 Å². The SMILES string of the molecule is COc1cccc(OC[C@H]2c3ccsc3CCN2C(=O)CN(C(=O)Cc2ccccc2)C2CC2)c1. The van der Waals surface area contributed by atoms with Gasteiger partial charge in [0.25, 0.3) is 0 Å². The molecule has 1 aliphatic carbocycles. The standard InChI is InChI=1S/C28H30N2O4S/c1-33-22-8-5-9-23(17-22)34-19-25-24-13-15-35-26(24)12-14-29(25)28(32)18-30(21-10-11-21)27(31)16-20-6-3-2-4-7-20/h2-9,13,15,17,21,25H,10-12,14,16,18-19H2,1H3/t25-/m0/s1. The number of carbonyl (C=O) groups excluding carboxylic acids is 2. The van der Waals surface area contributed by atoms with Crippen molar-refractivity contribution < 1.29 is 19.1 Å². The molecule has 5 rings (SSSR count). The fourth-order valence-corrected chi connectivity index (χ4v) is 5.58. The van der Waals surface area contributed by atoms with E-state index < -0.39 is 0 Å². The first-order valence-corrected chi connectivity index (χ1v) is 13.0. The molecule has 2 aromatic carbocycles. The largest absolute Gasteiger partial charge is 0.497 e. The smallest absolute Gasteiger partial charge is 0.242 e. The van der Waals surface area contributed by atoms with Gasteiger partial charge in [0, 0.05) is 23.5 Å². The Morgan fingerprint density at radius 1 is 1.06 bits per heavy atom. The number of fused-ring (bicyclic) bond motifs is 1. The van der Waals surface area contributed by atoms with E-state index in [1.54, 1.807) is 23.3 Å². The van der Waals surface area contributed by atoms with Crippen molar-refractivity contribution >= 4 is 23.2 Å². The van der Waals surface area contributed by atoms with Crippen LogP contribution in [0, 0.1) is 0 Å². The van der Waals surface area contributed by atoms with Crippen molar-refractivity contribution in [1.29, 1.82) is 0 Å². The fourth-order valence-electron chi connectivity index (χ4n) is 4.66.